The van der Waals surface area contributed by atoms with Crippen LogP contribution >= 0.6 is 0 Å². The molecule has 1 heterocycles. The van der Waals surface area contributed by atoms with Crippen LogP contribution in [0.1, 0.15) is 18.4 Å². The zero-order valence-electron chi connectivity index (χ0n) is 11.9. The maximum Gasteiger partial charge on any atom is 0.231 e. The summed E-state index contributed by atoms with van der Waals surface area (Å²) in [5.74, 6) is 0.977. The monoisotopic (exact) mass is 262 g/mol. The molecule has 1 aromatic rings. The van der Waals surface area contributed by atoms with Crippen molar-refractivity contribution in [2.24, 2.45) is 5.92 Å². The normalized spacial score (nSPS) is 19.0. The van der Waals surface area contributed by atoms with Crippen molar-refractivity contribution in [2.45, 2.75) is 19.8 Å². The number of amides is 1. The van der Waals surface area contributed by atoms with E-state index in [0.29, 0.717) is 0 Å². The lowest BCUT2D eigenvalue weighted by molar-refractivity contribution is -0.122. The number of piperidine rings is 1. The zero-order chi connectivity index (χ0) is 13.8. The molecule has 1 saturated heterocycles. The van der Waals surface area contributed by atoms with Gasteiger partial charge in [-0.25, -0.2) is 0 Å². The van der Waals surface area contributed by atoms with Gasteiger partial charge in [0.1, 0.15) is 5.75 Å². The predicted octanol–water partition coefficient (Wildman–Crippen LogP) is 1.97. The number of rotatable bonds is 3. The first-order chi connectivity index (χ1) is 9.13. The van der Waals surface area contributed by atoms with Gasteiger partial charge in [-0.15, -0.1) is 0 Å². The Morgan fingerprint density at radius 1 is 1.47 bits per heavy atom. The summed E-state index contributed by atoms with van der Waals surface area (Å²) in [5, 5.41) is 3.28. The number of carbonyl (C=O) groups is 1. The quantitative estimate of drug-likeness (QED) is 0.905. The van der Waals surface area contributed by atoms with Gasteiger partial charge in [-0.3, -0.25) is 4.79 Å². The Hall–Kier alpha value is -1.55. The molecule has 0 spiro atoms. The van der Waals surface area contributed by atoms with E-state index in [9.17, 15) is 4.79 Å². The van der Waals surface area contributed by atoms with E-state index in [0.717, 1.165) is 42.9 Å². The van der Waals surface area contributed by atoms with Crippen molar-refractivity contribution in [1.82, 2.24) is 5.32 Å². The molecule has 0 saturated carbocycles. The van der Waals surface area contributed by atoms with Crippen molar-refractivity contribution in [1.29, 1.82) is 0 Å². The Bertz CT molecular complexity index is 453. The van der Waals surface area contributed by atoms with Crippen LogP contribution < -0.4 is 15.0 Å². The molecule has 0 radical (unpaired) electrons. The first-order valence-electron chi connectivity index (χ1n) is 6.76. The number of aryl methyl sites for hydroxylation is 1. The highest BCUT2D eigenvalue weighted by Gasteiger charge is 2.26. The molecule has 4 heteroatoms. The molecule has 1 aliphatic rings. The fraction of sp³-hybridized carbons (Fsp3) is 0.533. The van der Waals surface area contributed by atoms with Crippen molar-refractivity contribution in [3.8, 4) is 5.75 Å². The number of hydrogen-bond acceptors (Lipinski definition) is 3. The van der Waals surface area contributed by atoms with E-state index in [1.165, 1.54) is 0 Å². The maximum atomic E-state index is 12.5. The Balaban J connectivity index is 2.20. The third kappa shape index (κ3) is 3.07. The lowest BCUT2D eigenvalue weighted by Crippen LogP contribution is -2.41. The second-order valence-corrected chi connectivity index (χ2v) is 5.12. The van der Waals surface area contributed by atoms with E-state index in [4.69, 9.17) is 4.74 Å². The van der Waals surface area contributed by atoms with Crippen LogP contribution in [0.5, 0.6) is 5.75 Å². The number of nitrogens with one attached hydrogen (secondary N) is 1. The summed E-state index contributed by atoms with van der Waals surface area (Å²) in [6.07, 6.45) is 2.03. The zero-order valence-corrected chi connectivity index (χ0v) is 11.9. The SMILES string of the molecule is COc1ccc(C)cc1N(C)C(=O)C1CCCNC1. The number of benzene rings is 1. The molecule has 1 N–H and O–H groups in total. The molecule has 1 fully saturated rings. The molecule has 19 heavy (non-hydrogen) atoms. The molecule has 0 aromatic heterocycles. The van der Waals surface area contributed by atoms with Crippen LogP contribution in [0.2, 0.25) is 0 Å². The lowest BCUT2D eigenvalue weighted by atomic mass is 9.98. The van der Waals surface area contributed by atoms with Gasteiger partial charge in [-0.05, 0) is 44.0 Å². The van der Waals surface area contributed by atoms with Gasteiger partial charge in [0.25, 0.3) is 0 Å². The number of hydrogen-bond donors (Lipinski definition) is 1. The van der Waals surface area contributed by atoms with Crippen LogP contribution in [-0.4, -0.2) is 33.2 Å². The highest BCUT2D eigenvalue weighted by atomic mass is 16.5. The van der Waals surface area contributed by atoms with E-state index in [2.05, 4.69) is 5.32 Å². The molecule has 104 valence electrons. The molecule has 4 nitrogen and oxygen atoms in total. The number of ether oxygens (including phenoxy) is 1. The smallest absolute Gasteiger partial charge is 0.231 e. The highest BCUT2D eigenvalue weighted by molar-refractivity contribution is 5.96. The molecule has 0 aliphatic carbocycles. The second kappa shape index (κ2) is 6.06. The van der Waals surface area contributed by atoms with E-state index < -0.39 is 0 Å². The third-order valence-corrected chi connectivity index (χ3v) is 3.67. The van der Waals surface area contributed by atoms with Crippen molar-refractivity contribution in [2.75, 3.05) is 32.1 Å². The summed E-state index contributed by atoms with van der Waals surface area (Å²) in [4.78, 5) is 14.2. The molecular weight excluding hydrogens is 240 g/mol. The van der Waals surface area contributed by atoms with E-state index in [-0.39, 0.29) is 11.8 Å². The summed E-state index contributed by atoms with van der Waals surface area (Å²) in [6, 6.07) is 5.89. The summed E-state index contributed by atoms with van der Waals surface area (Å²) in [6.45, 7) is 3.81. The predicted molar refractivity (Wildman–Crippen MR) is 76.7 cm³/mol. The van der Waals surface area contributed by atoms with Crippen LogP contribution in [0.25, 0.3) is 0 Å². The fourth-order valence-corrected chi connectivity index (χ4v) is 2.52. The molecular formula is C15H22N2O2. The number of methoxy groups -OCH3 is 1. The average Bonchev–Trinajstić information content (AvgIpc) is 2.46. The van der Waals surface area contributed by atoms with Crippen LogP contribution in [0.4, 0.5) is 5.69 Å². The van der Waals surface area contributed by atoms with Gasteiger partial charge < -0.3 is 15.0 Å². The molecule has 0 bridgehead atoms. The minimum atomic E-state index is 0.0731. The Kier molecular flexibility index (Phi) is 4.43. The molecule has 1 aromatic carbocycles. The Labute approximate surface area is 114 Å². The Morgan fingerprint density at radius 3 is 2.89 bits per heavy atom. The molecule has 1 amide bonds. The number of anilines is 1. The molecule has 1 unspecified atom stereocenters. The topological polar surface area (TPSA) is 41.6 Å². The number of nitrogens with zero attached hydrogens (tertiary/aromatic N) is 1. The summed E-state index contributed by atoms with van der Waals surface area (Å²) >= 11 is 0. The standard InChI is InChI=1S/C15H22N2O2/c1-11-6-7-14(19-3)13(9-11)17(2)15(18)12-5-4-8-16-10-12/h6-7,9,12,16H,4-5,8,10H2,1-3H3. The van der Waals surface area contributed by atoms with Crippen LogP contribution in [0, 0.1) is 12.8 Å². The van der Waals surface area contributed by atoms with E-state index in [1.807, 2.05) is 32.2 Å². The highest BCUT2D eigenvalue weighted by Crippen LogP contribution is 2.30. The van der Waals surface area contributed by atoms with Gasteiger partial charge in [0.2, 0.25) is 5.91 Å². The van der Waals surface area contributed by atoms with Crippen molar-refractivity contribution in [3.05, 3.63) is 23.8 Å². The summed E-state index contributed by atoms with van der Waals surface area (Å²) < 4.78 is 5.35. The van der Waals surface area contributed by atoms with Crippen molar-refractivity contribution < 1.29 is 9.53 Å². The molecule has 1 aliphatic heterocycles. The van der Waals surface area contributed by atoms with Gasteiger partial charge in [-0.2, -0.15) is 0 Å². The van der Waals surface area contributed by atoms with Crippen molar-refractivity contribution in [3.63, 3.8) is 0 Å². The first-order valence-corrected chi connectivity index (χ1v) is 6.76. The van der Waals surface area contributed by atoms with Crippen LogP contribution in [0.3, 0.4) is 0 Å². The average molecular weight is 262 g/mol. The van der Waals surface area contributed by atoms with Gasteiger partial charge in [0.15, 0.2) is 0 Å². The minimum Gasteiger partial charge on any atom is -0.495 e. The van der Waals surface area contributed by atoms with Gasteiger partial charge in [0.05, 0.1) is 18.7 Å². The molecule has 2 rings (SSSR count). The van der Waals surface area contributed by atoms with Gasteiger partial charge in [-0.1, -0.05) is 6.07 Å². The second-order valence-electron chi connectivity index (χ2n) is 5.12. The van der Waals surface area contributed by atoms with Crippen LogP contribution in [-0.2, 0) is 4.79 Å². The largest absolute Gasteiger partial charge is 0.495 e. The van der Waals surface area contributed by atoms with E-state index >= 15 is 0 Å². The minimum absolute atomic E-state index is 0.0731. The Morgan fingerprint density at radius 2 is 2.26 bits per heavy atom. The first kappa shape index (κ1) is 13.9. The van der Waals surface area contributed by atoms with Crippen molar-refractivity contribution >= 4 is 11.6 Å². The van der Waals surface area contributed by atoms with Gasteiger partial charge in [0, 0.05) is 13.6 Å². The van der Waals surface area contributed by atoms with Gasteiger partial charge >= 0.3 is 0 Å². The summed E-state index contributed by atoms with van der Waals surface area (Å²) in [5.41, 5.74) is 1.97. The summed E-state index contributed by atoms with van der Waals surface area (Å²) in [7, 11) is 3.46. The maximum absolute atomic E-state index is 12.5. The van der Waals surface area contributed by atoms with Crippen LogP contribution in [0.15, 0.2) is 18.2 Å². The molecule has 1 atom stereocenters. The lowest BCUT2D eigenvalue weighted by Gasteiger charge is -2.28. The third-order valence-electron chi connectivity index (χ3n) is 3.67. The van der Waals surface area contributed by atoms with E-state index in [1.54, 1.807) is 12.0 Å². The number of carbonyl (C=O) groups excluding carboxylic acids is 1. The fourth-order valence-electron chi connectivity index (χ4n) is 2.52.